The largest absolute Gasteiger partial charge is 0.497 e. The van der Waals surface area contributed by atoms with Crippen LogP contribution < -0.4 is 10.1 Å². The van der Waals surface area contributed by atoms with Crippen molar-refractivity contribution in [2.75, 3.05) is 18.2 Å². The molecule has 0 aliphatic carbocycles. The van der Waals surface area contributed by atoms with Gasteiger partial charge in [0.05, 0.1) is 17.7 Å². The van der Waals surface area contributed by atoms with E-state index in [1.54, 1.807) is 31.4 Å². The average Bonchev–Trinajstić information content (AvgIpc) is 3.21. The summed E-state index contributed by atoms with van der Waals surface area (Å²) in [5, 5.41) is 4.77. The fraction of sp³-hybridized carbons (Fsp3) is 0.100. The number of thioether (sulfide) groups is 1. The Morgan fingerprint density at radius 2 is 1.92 bits per heavy atom. The summed E-state index contributed by atoms with van der Waals surface area (Å²) in [6.45, 7) is 0. The van der Waals surface area contributed by atoms with Gasteiger partial charge in [-0.1, -0.05) is 18.2 Å². The number of thiophene rings is 1. The minimum Gasteiger partial charge on any atom is -0.497 e. The molecule has 0 radical (unpaired) electrons. The molecule has 0 aliphatic heterocycles. The number of benzene rings is 2. The van der Waals surface area contributed by atoms with E-state index in [1.807, 2.05) is 41.8 Å². The number of hydrogen-bond donors (Lipinski definition) is 1. The molecule has 0 aliphatic rings. The van der Waals surface area contributed by atoms with Crippen molar-refractivity contribution in [3.63, 3.8) is 0 Å². The van der Waals surface area contributed by atoms with E-state index in [2.05, 4.69) is 5.32 Å². The lowest BCUT2D eigenvalue weighted by Gasteiger charge is -2.08. The zero-order valence-corrected chi connectivity index (χ0v) is 15.7. The van der Waals surface area contributed by atoms with Crippen molar-refractivity contribution in [1.29, 1.82) is 0 Å². The lowest BCUT2D eigenvalue weighted by Crippen LogP contribution is -2.11. The molecule has 4 nitrogen and oxygen atoms in total. The number of methoxy groups -OCH3 is 1. The summed E-state index contributed by atoms with van der Waals surface area (Å²) in [7, 11) is 1.56. The molecule has 26 heavy (non-hydrogen) atoms. The zero-order valence-electron chi connectivity index (χ0n) is 14.1. The van der Waals surface area contributed by atoms with E-state index in [4.69, 9.17) is 4.74 Å². The molecular weight excluding hydrogens is 366 g/mol. The van der Waals surface area contributed by atoms with E-state index in [0.29, 0.717) is 22.8 Å². The molecule has 2 aromatic carbocycles. The van der Waals surface area contributed by atoms with Crippen molar-refractivity contribution >= 4 is 40.5 Å². The lowest BCUT2D eigenvalue weighted by molar-refractivity contribution is 0.101. The number of rotatable bonds is 7. The summed E-state index contributed by atoms with van der Waals surface area (Å²) in [6.07, 6.45) is 0. The molecule has 0 saturated carbocycles. The molecule has 1 amide bonds. The first-order valence-electron chi connectivity index (χ1n) is 7.90. The van der Waals surface area contributed by atoms with Crippen LogP contribution in [0.25, 0.3) is 0 Å². The number of nitrogens with one attached hydrogen (secondary N) is 1. The third-order valence-corrected chi connectivity index (χ3v) is 5.49. The monoisotopic (exact) mass is 383 g/mol. The minimum atomic E-state index is -0.208. The molecule has 6 heteroatoms. The Kier molecular flexibility index (Phi) is 6.09. The molecule has 1 aromatic heterocycles. The Morgan fingerprint density at radius 1 is 1.08 bits per heavy atom. The van der Waals surface area contributed by atoms with Crippen LogP contribution in [0.5, 0.6) is 5.75 Å². The topological polar surface area (TPSA) is 55.4 Å². The van der Waals surface area contributed by atoms with Crippen LogP contribution in [0.3, 0.4) is 0 Å². The van der Waals surface area contributed by atoms with Crippen LogP contribution in [0.1, 0.15) is 20.0 Å². The van der Waals surface area contributed by atoms with Gasteiger partial charge >= 0.3 is 0 Å². The van der Waals surface area contributed by atoms with Gasteiger partial charge in [-0.05, 0) is 47.8 Å². The fourth-order valence-corrected chi connectivity index (χ4v) is 3.88. The molecule has 0 spiro atoms. The standard InChI is InChI=1S/C20H17NO3S2/c1-24-16-7-2-5-14(11-16)20(23)21-15-6-3-8-17(12-15)26-13-18(22)19-9-4-10-25-19/h2-12H,13H2,1H3,(H,21,23). The summed E-state index contributed by atoms with van der Waals surface area (Å²) in [5.74, 6) is 0.902. The Morgan fingerprint density at radius 3 is 2.69 bits per heavy atom. The van der Waals surface area contributed by atoms with Crippen molar-refractivity contribution in [3.05, 3.63) is 76.5 Å². The molecule has 1 N–H and O–H groups in total. The molecular formula is C20H17NO3S2. The fourth-order valence-electron chi connectivity index (χ4n) is 2.29. The van der Waals surface area contributed by atoms with Crippen LogP contribution in [-0.4, -0.2) is 24.6 Å². The molecule has 0 fully saturated rings. The van der Waals surface area contributed by atoms with Crippen molar-refractivity contribution in [2.24, 2.45) is 0 Å². The van der Waals surface area contributed by atoms with Crippen LogP contribution in [0.4, 0.5) is 5.69 Å². The summed E-state index contributed by atoms with van der Waals surface area (Å²) in [6, 6.07) is 18.2. The van der Waals surface area contributed by atoms with Crippen molar-refractivity contribution in [3.8, 4) is 5.75 Å². The lowest BCUT2D eigenvalue weighted by atomic mass is 10.2. The maximum atomic E-state index is 12.4. The van der Waals surface area contributed by atoms with Gasteiger partial charge in [-0.3, -0.25) is 9.59 Å². The highest BCUT2D eigenvalue weighted by atomic mass is 32.2. The summed E-state index contributed by atoms with van der Waals surface area (Å²) < 4.78 is 5.14. The highest BCUT2D eigenvalue weighted by molar-refractivity contribution is 8.00. The normalized spacial score (nSPS) is 10.3. The Hall–Kier alpha value is -2.57. The second-order valence-electron chi connectivity index (χ2n) is 5.40. The van der Waals surface area contributed by atoms with Gasteiger partial charge in [0, 0.05) is 16.1 Å². The van der Waals surface area contributed by atoms with E-state index in [0.717, 1.165) is 9.77 Å². The van der Waals surface area contributed by atoms with Crippen molar-refractivity contribution in [2.45, 2.75) is 4.90 Å². The van der Waals surface area contributed by atoms with Gasteiger partial charge < -0.3 is 10.1 Å². The first kappa shape index (κ1) is 18.2. The highest BCUT2D eigenvalue weighted by Crippen LogP contribution is 2.24. The SMILES string of the molecule is COc1cccc(C(=O)Nc2cccc(SCC(=O)c3cccs3)c2)c1. The van der Waals surface area contributed by atoms with Gasteiger partial charge in [0.2, 0.25) is 0 Å². The van der Waals surface area contributed by atoms with E-state index >= 15 is 0 Å². The van der Waals surface area contributed by atoms with Crippen LogP contribution in [0.2, 0.25) is 0 Å². The quantitative estimate of drug-likeness (QED) is 0.462. The Bertz CT molecular complexity index is 907. The molecule has 0 atom stereocenters. The van der Waals surface area contributed by atoms with Gasteiger partial charge in [-0.2, -0.15) is 0 Å². The molecule has 3 aromatic rings. The zero-order chi connectivity index (χ0) is 18.4. The predicted octanol–water partition coefficient (Wildman–Crippen LogP) is 4.98. The molecule has 132 valence electrons. The Balaban J connectivity index is 1.63. The predicted molar refractivity (Wildman–Crippen MR) is 107 cm³/mol. The minimum absolute atomic E-state index is 0.107. The smallest absolute Gasteiger partial charge is 0.255 e. The van der Waals surface area contributed by atoms with Crippen LogP contribution in [0, 0.1) is 0 Å². The van der Waals surface area contributed by atoms with E-state index in [1.165, 1.54) is 23.1 Å². The van der Waals surface area contributed by atoms with Gasteiger partial charge in [0.25, 0.3) is 5.91 Å². The molecule has 0 bridgehead atoms. The van der Waals surface area contributed by atoms with Crippen LogP contribution in [0.15, 0.2) is 70.9 Å². The van der Waals surface area contributed by atoms with Crippen LogP contribution in [-0.2, 0) is 0 Å². The van der Waals surface area contributed by atoms with E-state index in [9.17, 15) is 9.59 Å². The first-order chi connectivity index (χ1) is 12.7. The second-order valence-corrected chi connectivity index (χ2v) is 7.40. The highest BCUT2D eigenvalue weighted by Gasteiger charge is 2.10. The number of carbonyl (C=O) groups excluding carboxylic acids is 2. The Labute approximate surface area is 160 Å². The van der Waals surface area contributed by atoms with Crippen molar-refractivity contribution < 1.29 is 14.3 Å². The van der Waals surface area contributed by atoms with Gasteiger partial charge in [0.1, 0.15) is 5.75 Å². The van der Waals surface area contributed by atoms with Crippen LogP contribution >= 0.6 is 23.1 Å². The third-order valence-electron chi connectivity index (χ3n) is 3.59. The first-order valence-corrected chi connectivity index (χ1v) is 9.77. The number of ketones is 1. The number of carbonyl (C=O) groups is 2. The summed E-state index contributed by atoms with van der Waals surface area (Å²) in [4.78, 5) is 26.2. The molecule has 0 unspecified atom stereocenters. The number of anilines is 1. The number of ether oxygens (including phenoxy) is 1. The van der Waals surface area contributed by atoms with Gasteiger partial charge in [0.15, 0.2) is 5.78 Å². The summed E-state index contributed by atoms with van der Waals surface area (Å²) >= 11 is 2.90. The second kappa shape index (κ2) is 8.69. The van der Waals surface area contributed by atoms with E-state index < -0.39 is 0 Å². The number of hydrogen-bond acceptors (Lipinski definition) is 5. The average molecular weight is 383 g/mol. The molecule has 1 heterocycles. The third kappa shape index (κ3) is 4.74. The maximum absolute atomic E-state index is 12.4. The maximum Gasteiger partial charge on any atom is 0.255 e. The van der Waals surface area contributed by atoms with Crippen molar-refractivity contribution in [1.82, 2.24) is 0 Å². The van der Waals surface area contributed by atoms with Gasteiger partial charge in [-0.15, -0.1) is 23.1 Å². The van der Waals surface area contributed by atoms with E-state index in [-0.39, 0.29) is 11.7 Å². The summed E-state index contributed by atoms with van der Waals surface area (Å²) in [5.41, 5.74) is 1.21. The molecule has 3 rings (SSSR count). The number of Topliss-reactive ketones (excluding diaryl/α,β-unsaturated/α-hetero) is 1. The number of amides is 1. The van der Waals surface area contributed by atoms with Gasteiger partial charge in [-0.25, -0.2) is 0 Å². The molecule has 0 saturated heterocycles.